The van der Waals surface area contributed by atoms with Gasteiger partial charge in [-0.3, -0.25) is 9.59 Å². The van der Waals surface area contributed by atoms with E-state index in [-0.39, 0.29) is 36.3 Å². The van der Waals surface area contributed by atoms with E-state index >= 15 is 0 Å². The average Bonchev–Trinajstić information content (AvgIpc) is 3.00. The number of aryl methyl sites for hydroxylation is 1. The van der Waals surface area contributed by atoms with Gasteiger partial charge in [-0.1, -0.05) is 6.07 Å². The third-order valence-corrected chi connectivity index (χ3v) is 4.09. The topological polar surface area (TPSA) is 85.3 Å². The Labute approximate surface area is 144 Å². The molecule has 25 heavy (non-hydrogen) atoms. The smallest absolute Gasteiger partial charge is 0.258 e. The maximum absolute atomic E-state index is 13.1. The molecule has 7 nitrogen and oxygen atoms in total. The van der Waals surface area contributed by atoms with Crippen LogP contribution in [0.3, 0.4) is 0 Å². The molecule has 2 atom stereocenters. The van der Waals surface area contributed by atoms with Crippen molar-refractivity contribution in [3.63, 3.8) is 0 Å². The summed E-state index contributed by atoms with van der Waals surface area (Å²) in [5.41, 5.74) is 0.810. The molecule has 0 radical (unpaired) electrons. The molecule has 0 bridgehead atoms. The highest BCUT2D eigenvalue weighted by Gasteiger charge is 2.32. The van der Waals surface area contributed by atoms with E-state index in [0.29, 0.717) is 12.8 Å². The molecule has 0 unspecified atom stereocenters. The predicted molar refractivity (Wildman–Crippen MR) is 87.2 cm³/mol. The minimum absolute atomic E-state index is 0.0623. The number of aromatic nitrogens is 2. The molecule has 0 saturated carbocycles. The number of benzene rings is 1. The first kappa shape index (κ1) is 16.9. The number of carbonyl (C=O) groups is 2. The van der Waals surface area contributed by atoms with Crippen LogP contribution in [0.15, 0.2) is 36.8 Å². The molecular weight excluding hydrogens is 327 g/mol. The van der Waals surface area contributed by atoms with Crippen LogP contribution in [0.5, 0.6) is 5.75 Å². The number of hydrogen-bond acceptors (Lipinski definition) is 4. The van der Waals surface area contributed by atoms with E-state index in [1.54, 1.807) is 23.2 Å². The quantitative estimate of drug-likeness (QED) is 0.848. The second-order valence-electron chi connectivity index (χ2n) is 5.93. The van der Waals surface area contributed by atoms with Gasteiger partial charge >= 0.3 is 0 Å². The molecule has 1 saturated heterocycles. The van der Waals surface area contributed by atoms with Crippen molar-refractivity contribution in [1.29, 1.82) is 0 Å². The summed E-state index contributed by atoms with van der Waals surface area (Å²) in [7, 11) is 1.83. The van der Waals surface area contributed by atoms with Gasteiger partial charge in [0.1, 0.15) is 11.6 Å². The number of nitrogens with zero attached hydrogens (tertiary/aromatic N) is 2. The Morgan fingerprint density at radius 2 is 2.36 bits per heavy atom. The number of amides is 2. The van der Waals surface area contributed by atoms with Gasteiger partial charge in [-0.15, -0.1) is 0 Å². The SMILES string of the molecule is Cn1cncc1[C@@H]1NC(=O)CC[C@H]1NC(=O)COc1cccc(F)c1. The molecule has 1 aliphatic rings. The largest absolute Gasteiger partial charge is 0.484 e. The van der Waals surface area contributed by atoms with Crippen LogP contribution in [0.4, 0.5) is 4.39 Å². The normalized spacial score (nSPS) is 20.0. The Kier molecular flexibility index (Phi) is 4.97. The highest BCUT2D eigenvalue weighted by atomic mass is 19.1. The monoisotopic (exact) mass is 346 g/mol. The highest BCUT2D eigenvalue weighted by Crippen LogP contribution is 2.23. The number of imidazole rings is 1. The van der Waals surface area contributed by atoms with Crippen LogP contribution in [0, 0.1) is 5.82 Å². The summed E-state index contributed by atoms with van der Waals surface area (Å²) in [6.07, 6.45) is 4.16. The number of hydrogen-bond donors (Lipinski definition) is 2. The zero-order chi connectivity index (χ0) is 17.8. The van der Waals surface area contributed by atoms with E-state index in [2.05, 4.69) is 15.6 Å². The lowest BCUT2D eigenvalue weighted by Gasteiger charge is -2.32. The van der Waals surface area contributed by atoms with Crippen LogP contribution in [0.1, 0.15) is 24.6 Å². The predicted octanol–water partition coefficient (Wildman–Crippen LogP) is 1.07. The number of nitrogens with one attached hydrogen (secondary N) is 2. The fourth-order valence-corrected chi connectivity index (χ4v) is 2.86. The standard InChI is InChI=1S/C17H19FN4O3/c1-22-10-19-8-14(22)17-13(5-6-15(23)21-17)20-16(24)9-25-12-4-2-3-11(18)7-12/h2-4,7-8,10,13,17H,5-6,9H2,1H3,(H,20,24)(H,21,23)/t13-,17-/m1/s1. The number of carbonyl (C=O) groups excluding carboxylic acids is 2. The van der Waals surface area contributed by atoms with Crippen molar-refractivity contribution in [3.05, 3.63) is 48.3 Å². The highest BCUT2D eigenvalue weighted by molar-refractivity contribution is 5.80. The van der Waals surface area contributed by atoms with Crippen molar-refractivity contribution in [1.82, 2.24) is 20.2 Å². The first-order valence-electron chi connectivity index (χ1n) is 7.96. The zero-order valence-corrected chi connectivity index (χ0v) is 13.7. The summed E-state index contributed by atoms with van der Waals surface area (Å²) in [5, 5.41) is 5.77. The zero-order valence-electron chi connectivity index (χ0n) is 13.7. The second kappa shape index (κ2) is 7.33. The summed E-state index contributed by atoms with van der Waals surface area (Å²) in [5.74, 6) is -0.537. The lowest BCUT2D eigenvalue weighted by Crippen LogP contribution is -2.51. The Bertz CT molecular complexity index is 777. The van der Waals surface area contributed by atoms with E-state index < -0.39 is 5.82 Å². The van der Waals surface area contributed by atoms with Crippen molar-refractivity contribution in [2.45, 2.75) is 24.9 Å². The van der Waals surface area contributed by atoms with E-state index in [1.807, 2.05) is 7.05 Å². The molecule has 2 N–H and O–H groups in total. The van der Waals surface area contributed by atoms with Crippen LogP contribution in [0.2, 0.25) is 0 Å². The van der Waals surface area contributed by atoms with Gasteiger partial charge in [-0.25, -0.2) is 9.37 Å². The number of ether oxygens (including phenoxy) is 1. The van der Waals surface area contributed by atoms with Gasteiger partial charge in [0.25, 0.3) is 5.91 Å². The summed E-state index contributed by atoms with van der Waals surface area (Å²) < 4.78 is 20.2. The van der Waals surface area contributed by atoms with Crippen LogP contribution in [0.25, 0.3) is 0 Å². The third-order valence-electron chi connectivity index (χ3n) is 4.09. The van der Waals surface area contributed by atoms with Crippen molar-refractivity contribution in [3.8, 4) is 5.75 Å². The summed E-state index contributed by atoms with van der Waals surface area (Å²) in [6.45, 7) is -0.230. The molecule has 1 aromatic carbocycles. The number of halogens is 1. The van der Waals surface area contributed by atoms with Gasteiger partial charge in [0.05, 0.1) is 30.3 Å². The maximum Gasteiger partial charge on any atom is 0.258 e. The summed E-state index contributed by atoms with van der Waals surface area (Å²) in [6, 6.07) is 4.99. The fourth-order valence-electron chi connectivity index (χ4n) is 2.86. The molecule has 0 spiro atoms. The van der Waals surface area contributed by atoms with Crippen LogP contribution >= 0.6 is 0 Å². The second-order valence-corrected chi connectivity index (χ2v) is 5.93. The lowest BCUT2D eigenvalue weighted by atomic mass is 9.95. The molecule has 2 heterocycles. The van der Waals surface area contributed by atoms with Gasteiger partial charge in [0.15, 0.2) is 6.61 Å². The Hall–Kier alpha value is -2.90. The van der Waals surface area contributed by atoms with E-state index in [1.165, 1.54) is 18.2 Å². The molecule has 1 aliphatic heterocycles. The van der Waals surface area contributed by atoms with Crippen LogP contribution < -0.4 is 15.4 Å². The fraction of sp³-hybridized carbons (Fsp3) is 0.353. The van der Waals surface area contributed by atoms with Crippen LogP contribution in [-0.2, 0) is 16.6 Å². The number of rotatable bonds is 5. The van der Waals surface area contributed by atoms with Crippen molar-refractivity contribution < 1.29 is 18.7 Å². The first-order chi connectivity index (χ1) is 12.0. The van der Waals surface area contributed by atoms with Crippen LogP contribution in [-0.4, -0.2) is 34.0 Å². The maximum atomic E-state index is 13.1. The molecule has 1 fully saturated rings. The van der Waals surface area contributed by atoms with Crippen molar-refractivity contribution in [2.75, 3.05) is 6.61 Å². The minimum atomic E-state index is -0.427. The van der Waals surface area contributed by atoms with E-state index in [9.17, 15) is 14.0 Å². The Morgan fingerprint density at radius 1 is 1.52 bits per heavy atom. The summed E-state index contributed by atoms with van der Waals surface area (Å²) >= 11 is 0. The average molecular weight is 346 g/mol. The van der Waals surface area contributed by atoms with E-state index in [0.717, 1.165) is 5.69 Å². The third kappa shape index (κ3) is 4.14. The molecule has 0 aliphatic carbocycles. The van der Waals surface area contributed by atoms with Gasteiger partial charge in [-0.05, 0) is 18.6 Å². The van der Waals surface area contributed by atoms with Gasteiger partial charge in [0, 0.05) is 19.5 Å². The molecule has 132 valence electrons. The summed E-state index contributed by atoms with van der Waals surface area (Å²) in [4.78, 5) is 28.0. The lowest BCUT2D eigenvalue weighted by molar-refractivity contribution is -0.128. The molecule has 2 amide bonds. The molecular formula is C17H19FN4O3. The molecule has 2 aromatic rings. The molecule has 3 rings (SSSR count). The van der Waals surface area contributed by atoms with Crippen molar-refractivity contribution in [2.24, 2.45) is 7.05 Å². The van der Waals surface area contributed by atoms with Gasteiger partial charge < -0.3 is 19.9 Å². The molecule has 8 heteroatoms. The Balaban J connectivity index is 1.62. The first-order valence-corrected chi connectivity index (χ1v) is 7.96. The van der Waals surface area contributed by atoms with Gasteiger partial charge in [-0.2, -0.15) is 0 Å². The van der Waals surface area contributed by atoms with Gasteiger partial charge in [0.2, 0.25) is 5.91 Å². The Morgan fingerprint density at radius 3 is 3.08 bits per heavy atom. The minimum Gasteiger partial charge on any atom is -0.484 e. The molecule has 1 aromatic heterocycles. The van der Waals surface area contributed by atoms with Crippen molar-refractivity contribution >= 4 is 11.8 Å². The van der Waals surface area contributed by atoms with E-state index in [4.69, 9.17) is 4.74 Å². The number of piperidine rings is 1.